The smallest absolute Gasteiger partial charge is 0.396 e. The summed E-state index contributed by atoms with van der Waals surface area (Å²) in [6.07, 6.45) is -5.51. The second kappa shape index (κ2) is 5.29. The molecular formula is C12H14F3NO2. The third kappa shape index (κ3) is 3.65. The van der Waals surface area contributed by atoms with Crippen molar-refractivity contribution in [1.82, 2.24) is 0 Å². The molecule has 0 heterocycles. The number of halogens is 3. The van der Waals surface area contributed by atoms with Crippen LogP contribution in [0.2, 0.25) is 0 Å². The first-order valence-electron chi connectivity index (χ1n) is 5.27. The summed E-state index contributed by atoms with van der Waals surface area (Å²) in [5.74, 6) is -3.43. The van der Waals surface area contributed by atoms with Gasteiger partial charge in [0.15, 0.2) is 0 Å². The lowest BCUT2D eigenvalue weighted by Crippen LogP contribution is -2.23. The number of nitrogens with zero attached hydrogens (tertiary/aromatic N) is 1. The average Bonchev–Trinajstić information content (AvgIpc) is 2.24. The second-order valence-corrected chi connectivity index (χ2v) is 4.18. The molecule has 1 unspecified atom stereocenters. The molecule has 6 heteroatoms. The van der Waals surface area contributed by atoms with Crippen LogP contribution in [-0.2, 0) is 4.79 Å². The zero-order valence-corrected chi connectivity index (χ0v) is 10.0. The SMILES string of the molecule is CN(C)c1ccc(C(CC(=O)O)C(F)(F)F)cc1. The molecule has 1 aromatic rings. The molecule has 0 aliphatic carbocycles. The first-order chi connectivity index (χ1) is 8.21. The molecule has 1 rings (SSSR count). The van der Waals surface area contributed by atoms with Crippen LogP contribution in [0.25, 0.3) is 0 Å². The van der Waals surface area contributed by atoms with E-state index in [1.165, 1.54) is 24.3 Å². The maximum atomic E-state index is 12.8. The molecular weight excluding hydrogens is 247 g/mol. The van der Waals surface area contributed by atoms with Crippen LogP contribution in [0.5, 0.6) is 0 Å². The van der Waals surface area contributed by atoms with Crippen LogP contribution in [0.1, 0.15) is 17.9 Å². The lowest BCUT2D eigenvalue weighted by molar-refractivity contribution is -0.163. The lowest BCUT2D eigenvalue weighted by atomic mass is 9.95. The van der Waals surface area contributed by atoms with Crippen LogP contribution >= 0.6 is 0 Å². The topological polar surface area (TPSA) is 40.5 Å². The van der Waals surface area contributed by atoms with Crippen LogP contribution in [0.4, 0.5) is 18.9 Å². The van der Waals surface area contributed by atoms with Crippen molar-refractivity contribution in [1.29, 1.82) is 0 Å². The van der Waals surface area contributed by atoms with Crippen molar-refractivity contribution in [2.45, 2.75) is 18.5 Å². The molecule has 0 spiro atoms. The Morgan fingerprint density at radius 2 is 1.78 bits per heavy atom. The number of hydrogen-bond acceptors (Lipinski definition) is 2. The Hall–Kier alpha value is -1.72. The molecule has 0 radical (unpaired) electrons. The fraction of sp³-hybridized carbons (Fsp3) is 0.417. The molecule has 0 aliphatic heterocycles. The third-order valence-corrected chi connectivity index (χ3v) is 2.59. The normalized spacial score (nSPS) is 13.2. The molecule has 1 N–H and O–H groups in total. The Kier molecular flexibility index (Phi) is 4.21. The van der Waals surface area contributed by atoms with Crippen molar-refractivity contribution in [2.24, 2.45) is 0 Å². The van der Waals surface area contributed by atoms with Crippen LogP contribution in [0.15, 0.2) is 24.3 Å². The number of anilines is 1. The molecule has 0 bridgehead atoms. The summed E-state index contributed by atoms with van der Waals surface area (Å²) in [6, 6.07) is 5.71. The van der Waals surface area contributed by atoms with E-state index in [0.29, 0.717) is 0 Å². The molecule has 0 aromatic heterocycles. The Morgan fingerprint density at radius 3 is 2.11 bits per heavy atom. The molecule has 0 fully saturated rings. The fourth-order valence-electron chi connectivity index (χ4n) is 1.60. The van der Waals surface area contributed by atoms with Crippen LogP contribution in [0, 0.1) is 0 Å². The summed E-state index contributed by atoms with van der Waals surface area (Å²) >= 11 is 0. The van der Waals surface area contributed by atoms with Gasteiger partial charge in [-0.3, -0.25) is 4.79 Å². The molecule has 0 amide bonds. The molecule has 0 saturated heterocycles. The minimum absolute atomic E-state index is 0.0319. The van der Waals surface area contributed by atoms with E-state index in [2.05, 4.69) is 0 Å². The highest BCUT2D eigenvalue weighted by Crippen LogP contribution is 2.37. The summed E-state index contributed by atoms with van der Waals surface area (Å²) in [6.45, 7) is 0. The highest BCUT2D eigenvalue weighted by Gasteiger charge is 2.41. The van der Waals surface area contributed by atoms with Gasteiger partial charge in [-0.25, -0.2) is 0 Å². The van der Waals surface area contributed by atoms with Crippen molar-refractivity contribution in [3.8, 4) is 0 Å². The van der Waals surface area contributed by atoms with E-state index in [-0.39, 0.29) is 5.56 Å². The Morgan fingerprint density at radius 1 is 1.28 bits per heavy atom. The number of carboxylic acids is 1. The third-order valence-electron chi connectivity index (χ3n) is 2.59. The number of carbonyl (C=O) groups is 1. The molecule has 3 nitrogen and oxygen atoms in total. The van der Waals surface area contributed by atoms with Gasteiger partial charge in [-0.1, -0.05) is 12.1 Å². The van der Waals surface area contributed by atoms with Crippen molar-refractivity contribution in [3.63, 3.8) is 0 Å². The standard InChI is InChI=1S/C12H14F3NO2/c1-16(2)9-5-3-8(4-6-9)10(7-11(17)18)12(13,14)15/h3-6,10H,7H2,1-2H3,(H,17,18). The van der Waals surface area contributed by atoms with Crippen LogP contribution < -0.4 is 4.90 Å². The second-order valence-electron chi connectivity index (χ2n) is 4.18. The quantitative estimate of drug-likeness (QED) is 0.906. The van der Waals surface area contributed by atoms with Gasteiger partial charge < -0.3 is 10.0 Å². The van der Waals surface area contributed by atoms with Crippen molar-refractivity contribution in [3.05, 3.63) is 29.8 Å². The molecule has 1 atom stereocenters. The van der Waals surface area contributed by atoms with Gasteiger partial charge in [0.05, 0.1) is 12.3 Å². The Balaban J connectivity index is 3.02. The summed E-state index contributed by atoms with van der Waals surface area (Å²) < 4.78 is 38.3. The van der Waals surface area contributed by atoms with Crippen molar-refractivity contribution in [2.75, 3.05) is 19.0 Å². The van der Waals surface area contributed by atoms with Gasteiger partial charge in [0, 0.05) is 19.8 Å². The van der Waals surface area contributed by atoms with Gasteiger partial charge >= 0.3 is 12.1 Å². The van der Waals surface area contributed by atoms with Gasteiger partial charge in [0.1, 0.15) is 0 Å². The summed E-state index contributed by atoms with van der Waals surface area (Å²) in [5, 5.41) is 8.54. The molecule has 0 aliphatic rings. The zero-order chi connectivity index (χ0) is 13.9. The van der Waals surface area contributed by atoms with Gasteiger partial charge in [-0.05, 0) is 17.7 Å². The molecule has 1 aromatic carbocycles. The number of hydrogen-bond donors (Lipinski definition) is 1. The van der Waals surface area contributed by atoms with E-state index in [9.17, 15) is 18.0 Å². The van der Waals surface area contributed by atoms with E-state index < -0.39 is 24.5 Å². The molecule has 0 saturated carbocycles. The van der Waals surface area contributed by atoms with Gasteiger partial charge in [-0.2, -0.15) is 13.2 Å². The Bertz CT molecular complexity index is 412. The van der Waals surface area contributed by atoms with Crippen LogP contribution in [-0.4, -0.2) is 31.3 Å². The van der Waals surface area contributed by atoms with E-state index in [0.717, 1.165) is 5.69 Å². The largest absolute Gasteiger partial charge is 0.481 e. The predicted octanol–water partition coefficient (Wildman–Crippen LogP) is 2.87. The van der Waals surface area contributed by atoms with E-state index >= 15 is 0 Å². The number of benzene rings is 1. The van der Waals surface area contributed by atoms with Gasteiger partial charge in [0.2, 0.25) is 0 Å². The first-order valence-corrected chi connectivity index (χ1v) is 5.27. The summed E-state index contributed by atoms with van der Waals surface area (Å²) in [5.41, 5.74) is 0.727. The fourth-order valence-corrected chi connectivity index (χ4v) is 1.60. The summed E-state index contributed by atoms with van der Waals surface area (Å²) in [4.78, 5) is 12.3. The number of alkyl halides is 3. The van der Waals surface area contributed by atoms with Gasteiger partial charge in [-0.15, -0.1) is 0 Å². The van der Waals surface area contributed by atoms with E-state index in [4.69, 9.17) is 5.11 Å². The Labute approximate surface area is 103 Å². The molecule has 18 heavy (non-hydrogen) atoms. The summed E-state index contributed by atoms with van der Waals surface area (Å²) in [7, 11) is 3.54. The molecule has 100 valence electrons. The highest BCUT2D eigenvalue weighted by atomic mass is 19.4. The highest BCUT2D eigenvalue weighted by molar-refractivity contribution is 5.68. The number of aliphatic carboxylic acids is 1. The predicted molar refractivity (Wildman–Crippen MR) is 61.8 cm³/mol. The maximum Gasteiger partial charge on any atom is 0.396 e. The van der Waals surface area contributed by atoms with E-state index in [1.807, 2.05) is 0 Å². The first kappa shape index (κ1) is 14.3. The zero-order valence-electron chi connectivity index (χ0n) is 10.0. The number of rotatable bonds is 4. The van der Waals surface area contributed by atoms with Crippen LogP contribution in [0.3, 0.4) is 0 Å². The lowest BCUT2D eigenvalue weighted by Gasteiger charge is -2.20. The number of carboxylic acid groups (broad SMARTS) is 1. The maximum absolute atomic E-state index is 12.8. The van der Waals surface area contributed by atoms with Gasteiger partial charge in [0.25, 0.3) is 0 Å². The average molecular weight is 261 g/mol. The van der Waals surface area contributed by atoms with E-state index in [1.54, 1.807) is 19.0 Å². The monoisotopic (exact) mass is 261 g/mol. The minimum Gasteiger partial charge on any atom is -0.481 e. The minimum atomic E-state index is -4.56. The van der Waals surface area contributed by atoms with Crippen molar-refractivity contribution >= 4 is 11.7 Å². The van der Waals surface area contributed by atoms with Crippen molar-refractivity contribution < 1.29 is 23.1 Å².